The smallest absolute Gasteiger partial charge is 0.325 e. The minimum Gasteiger partial charge on any atom is -0.480 e. The van der Waals surface area contributed by atoms with Crippen molar-refractivity contribution in [3.05, 3.63) is 36.3 Å². The largest absolute Gasteiger partial charge is 0.480 e. The monoisotopic (exact) mass is 260 g/mol. The fourth-order valence-corrected chi connectivity index (χ4v) is 2.52. The van der Waals surface area contributed by atoms with Crippen molar-refractivity contribution in [2.75, 3.05) is 13.1 Å². The molecular weight excluding hydrogens is 244 g/mol. The van der Waals surface area contributed by atoms with Gasteiger partial charge in [0.2, 0.25) is 0 Å². The Kier molecular flexibility index (Phi) is 2.76. The van der Waals surface area contributed by atoms with Gasteiger partial charge in [0.1, 0.15) is 11.2 Å². The molecule has 1 atom stereocenters. The number of nitrogens with zero attached hydrogens (tertiary/aromatic N) is 3. The number of nitrogens with two attached hydrogens (primary N) is 1. The van der Waals surface area contributed by atoms with Crippen LogP contribution in [0.15, 0.2) is 30.6 Å². The summed E-state index contributed by atoms with van der Waals surface area (Å²) in [4.78, 5) is 17.6. The summed E-state index contributed by atoms with van der Waals surface area (Å²) in [5.41, 5.74) is 6.57. The summed E-state index contributed by atoms with van der Waals surface area (Å²) in [6.07, 6.45) is 4.39. The first kappa shape index (κ1) is 12.1. The topological polar surface area (TPSA) is 83.9 Å². The molecule has 0 amide bonds. The van der Waals surface area contributed by atoms with Crippen LogP contribution in [-0.2, 0) is 11.3 Å². The summed E-state index contributed by atoms with van der Waals surface area (Å²) in [6.45, 7) is 1.70. The molecule has 3 N–H and O–H groups in total. The lowest BCUT2D eigenvalue weighted by Gasteiger charge is -2.19. The number of carboxylic acid groups (broad SMARTS) is 1. The Balaban J connectivity index is 1.74. The van der Waals surface area contributed by atoms with Crippen molar-refractivity contribution in [1.82, 2.24) is 14.3 Å². The van der Waals surface area contributed by atoms with Crippen molar-refractivity contribution in [2.24, 2.45) is 5.73 Å². The van der Waals surface area contributed by atoms with Gasteiger partial charge in [-0.3, -0.25) is 9.69 Å². The number of pyridine rings is 1. The molecule has 3 heterocycles. The number of fused-ring (bicyclic) bond motifs is 1. The second-order valence-electron chi connectivity index (χ2n) is 5.12. The zero-order chi connectivity index (χ0) is 13.5. The summed E-state index contributed by atoms with van der Waals surface area (Å²) >= 11 is 0. The van der Waals surface area contributed by atoms with Crippen LogP contribution in [0.4, 0.5) is 0 Å². The van der Waals surface area contributed by atoms with Crippen molar-refractivity contribution >= 4 is 11.6 Å². The standard InChI is InChI=1S/C13H16N4O2/c14-13(12(18)19)4-6-16(9-13)7-10-8-17-5-2-1-3-11(17)15-10/h1-3,5,8H,4,6-7,9,14H2,(H,18,19). The van der Waals surface area contributed by atoms with Gasteiger partial charge in [0.15, 0.2) is 0 Å². The maximum absolute atomic E-state index is 11.1. The number of likely N-dealkylation sites (tertiary alicyclic amines) is 1. The second-order valence-corrected chi connectivity index (χ2v) is 5.12. The Bertz CT molecular complexity index is 591. The van der Waals surface area contributed by atoms with E-state index in [4.69, 9.17) is 10.8 Å². The van der Waals surface area contributed by atoms with Crippen molar-refractivity contribution in [3.8, 4) is 0 Å². The maximum Gasteiger partial charge on any atom is 0.325 e. The first-order valence-corrected chi connectivity index (χ1v) is 6.24. The highest BCUT2D eigenvalue weighted by Gasteiger charge is 2.41. The van der Waals surface area contributed by atoms with Gasteiger partial charge in [-0.1, -0.05) is 6.07 Å². The zero-order valence-corrected chi connectivity index (χ0v) is 10.5. The van der Waals surface area contributed by atoms with E-state index in [9.17, 15) is 4.79 Å². The highest BCUT2D eigenvalue weighted by Crippen LogP contribution is 2.21. The Hall–Kier alpha value is -1.92. The lowest BCUT2D eigenvalue weighted by Crippen LogP contribution is -2.50. The van der Waals surface area contributed by atoms with Crippen LogP contribution >= 0.6 is 0 Å². The van der Waals surface area contributed by atoms with Crippen molar-refractivity contribution in [2.45, 2.75) is 18.5 Å². The molecule has 1 saturated heterocycles. The molecule has 1 fully saturated rings. The quantitative estimate of drug-likeness (QED) is 0.830. The predicted molar refractivity (Wildman–Crippen MR) is 69.6 cm³/mol. The third-order valence-corrected chi connectivity index (χ3v) is 3.61. The van der Waals surface area contributed by atoms with E-state index in [1.807, 2.05) is 39.9 Å². The van der Waals surface area contributed by atoms with Crippen molar-refractivity contribution < 1.29 is 9.90 Å². The van der Waals surface area contributed by atoms with Gasteiger partial charge >= 0.3 is 5.97 Å². The van der Waals surface area contributed by atoms with Crippen molar-refractivity contribution in [1.29, 1.82) is 0 Å². The van der Waals surface area contributed by atoms with Crippen LogP contribution in [0.5, 0.6) is 0 Å². The molecule has 3 rings (SSSR count). The van der Waals surface area contributed by atoms with Gasteiger partial charge in [0.05, 0.1) is 5.69 Å². The summed E-state index contributed by atoms with van der Waals surface area (Å²) in [7, 11) is 0. The first-order chi connectivity index (χ1) is 9.07. The maximum atomic E-state index is 11.1. The molecule has 6 nitrogen and oxygen atoms in total. The molecule has 1 aliphatic rings. The Morgan fingerprint density at radius 3 is 3.05 bits per heavy atom. The molecule has 100 valence electrons. The minimum absolute atomic E-state index is 0.371. The van der Waals surface area contributed by atoms with E-state index < -0.39 is 11.5 Å². The molecule has 1 aliphatic heterocycles. The number of carbonyl (C=O) groups is 1. The predicted octanol–water partition coefficient (Wildman–Crippen LogP) is 0.322. The number of aliphatic carboxylic acids is 1. The van der Waals surface area contributed by atoms with Crippen LogP contribution < -0.4 is 5.73 Å². The molecule has 0 aromatic carbocycles. The highest BCUT2D eigenvalue weighted by molar-refractivity contribution is 5.79. The molecule has 6 heteroatoms. The first-order valence-electron chi connectivity index (χ1n) is 6.24. The van der Waals surface area contributed by atoms with Crippen LogP contribution in [-0.4, -0.2) is 44.0 Å². The molecule has 0 saturated carbocycles. The highest BCUT2D eigenvalue weighted by atomic mass is 16.4. The number of imidazole rings is 1. The third kappa shape index (κ3) is 2.20. The average Bonchev–Trinajstić information content (AvgIpc) is 2.93. The summed E-state index contributed by atoms with van der Waals surface area (Å²) in [6, 6.07) is 5.83. The van der Waals surface area contributed by atoms with Crippen LogP contribution in [0.1, 0.15) is 12.1 Å². The molecule has 2 aromatic heterocycles. The van der Waals surface area contributed by atoms with Gasteiger partial charge in [-0.2, -0.15) is 0 Å². The van der Waals surface area contributed by atoms with Crippen LogP contribution in [0.3, 0.4) is 0 Å². The van der Waals surface area contributed by atoms with Gasteiger partial charge in [-0.25, -0.2) is 4.98 Å². The molecule has 0 aliphatic carbocycles. The van der Waals surface area contributed by atoms with E-state index in [1.54, 1.807) is 0 Å². The molecule has 0 bridgehead atoms. The SMILES string of the molecule is NC1(C(=O)O)CCN(Cc2cn3ccccc3n2)C1. The molecular formula is C13H16N4O2. The molecule has 0 radical (unpaired) electrons. The minimum atomic E-state index is -1.11. The normalized spacial score (nSPS) is 24.1. The van der Waals surface area contributed by atoms with Gasteiger partial charge in [0, 0.05) is 32.0 Å². The van der Waals surface area contributed by atoms with E-state index in [-0.39, 0.29) is 0 Å². The van der Waals surface area contributed by atoms with Crippen LogP contribution in [0.25, 0.3) is 5.65 Å². The van der Waals surface area contributed by atoms with Gasteiger partial charge in [0.25, 0.3) is 0 Å². The Morgan fingerprint density at radius 2 is 2.37 bits per heavy atom. The summed E-state index contributed by atoms with van der Waals surface area (Å²) in [5, 5.41) is 9.10. The number of carboxylic acids is 1. The zero-order valence-electron chi connectivity index (χ0n) is 10.5. The Morgan fingerprint density at radius 1 is 1.53 bits per heavy atom. The van der Waals surface area contributed by atoms with Crippen LogP contribution in [0.2, 0.25) is 0 Å². The summed E-state index contributed by atoms with van der Waals surface area (Å²) < 4.78 is 1.96. The average molecular weight is 260 g/mol. The van der Waals surface area contributed by atoms with E-state index in [0.29, 0.717) is 26.1 Å². The molecule has 19 heavy (non-hydrogen) atoms. The van der Waals surface area contributed by atoms with Gasteiger partial charge in [-0.05, 0) is 18.6 Å². The molecule has 2 aromatic rings. The molecule has 1 unspecified atom stereocenters. The van der Waals surface area contributed by atoms with Gasteiger partial charge in [-0.15, -0.1) is 0 Å². The van der Waals surface area contributed by atoms with E-state index in [0.717, 1.165) is 11.3 Å². The Labute approximate surface area is 110 Å². The lowest BCUT2D eigenvalue weighted by molar-refractivity contribution is -0.142. The number of aromatic nitrogens is 2. The second kappa shape index (κ2) is 4.32. The fraction of sp³-hybridized carbons (Fsp3) is 0.385. The number of hydrogen-bond donors (Lipinski definition) is 2. The van der Waals surface area contributed by atoms with E-state index in [2.05, 4.69) is 4.98 Å². The summed E-state index contributed by atoms with van der Waals surface area (Å²) in [5.74, 6) is -0.926. The van der Waals surface area contributed by atoms with E-state index >= 15 is 0 Å². The van der Waals surface area contributed by atoms with Crippen molar-refractivity contribution in [3.63, 3.8) is 0 Å². The fourth-order valence-electron chi connectivity index (χ4n) is 2.52. The number of rotatable bonds is 3. The molecule has 0 spiro atoms. The van der Waals surface area contributed by atoms with Gasteiger partial charge < -0.3 is 15.2 Å². The van der Waals surface area contributed by atoms with Crippen LogP contribution in [0, 0.1) is 0 Å². The third-order valence-electron chi connectivity index (χ3n) is 3.61. The van der Waals surface area contributed by atoms with E-state index in [1.165, 1.54) is 0 Å². The lowest BCUT2D eigenvalue weighted by atomic mass is 10.0. The number of hydrogen-bond acceptors (Lipinski definition) is 4.